The highest BCUT2D eigenvalue weighted by Crippen LogP contribution is 2.28. The number of anilines is 1. The molecule has 5 nitrogen and oxygen atoms in total. The third-order valence-electron chi connectivity index (χ3n) is 4.43. The summed E-state index contributed by atoms with van der Waals surface area (Å²) in [4.78, 5) is 14.9. The molecule has 0 heterocycles. The van der Waals surface area contributed by atoms with E-state index >= 15 is 0 Å². The molecule has 0 fully saturated rings. The number of sulfone groups is 1. The molecule has 0 aliphatic rings. The second-order valence-corrected chi connectivity index (χ2v) is 9.49. The SMILES string of the molecule is CS(=O)(=O)Cc1ccc(C(=O)N(Cc2ccccc2)c2cc(Cl)ccc2C#N)cc1. The first-order chi connectivity index (χ1) is 14.3. The molecule has 1 amide bonds. The van der Waals surface area contributed by atoms with Crippen LogP contribution in [0, 0.1) is 11.3 Å². The van der Waals surface area contributed by atoms with E-state index in [1.165, 1.54) is 4.90 Å². The van der Waals surface area contributed by atoms with Gasteiger partial charge in [-0.25, -0.2) is 8.42 Å². The van der Waals surface area contributed by atoms with E-state index in [0.29, 0.717) is 27.4 Å². The van der Waals surface area contributed by atoms with Crippen LogP contribution in [-0.2, 0) is 22.1 Å². The van der Waals surface area contributed by atoms with Crippen molar-refractivity contribution in [3.05, 3.63) is 100 Å². The molecule has 0 atom stereocenters. The van der Waals surface area contributed by atoms with E-state index in [1.807, 2.05) is 30.3 Å². The van der Waals surface area contributed by atoms with Crippen LogP contribution >= 0.6 is 11.6 Å². The summed E-state index contributed by atoms with van der Waals surface area (Å²) in [5.74, 6) is -0.411. The van der Waals surface area contributed by atoms with Crippen LogP contribution in [0.1, 0.15) is 27.0 Å². The largest absolute Gasteiger partial charge is 0.303 e. The molecule has 0 unspecified atom stereocenters. The van der Waals surface area contributed by atoms with Gasteiger partial charge in [0, 0.05) is 16.8 Å². The molecule has 7 heteroatoms. The van der Waals surface area contributed by atoms with Crippen molar-refractivity contribution < 1.29 is 13.2 Å². The Labute approximate surface area is 181 Å². The molecule has 3 rings (SSSR count). The van der Waals surface area contributed by atoms with Crippen LogP contribution < -0.4 is 4.90 Å². The molecule has 0 aromatic heterocycles. The van der Waals surface area contributed by atoms with Gasteiger partial charge in [0.15, 0.2) is 9.84 Å². The lowest BCUT2D eigenvalue weighted by atomic mass is 10.1. The van der Waals surface area contributed by atoms with Gasteiger partial charge >= 0.3 is 0 Å². The van der Waals surface area contributed by atoms with Gasteiger partial charge < -0.3 is 4.90 Å². The molecule has 0 saturated heterocycles. The van der Waals surface area contributed by atoms with E-state index in [2.05, 4.69) is 6.07 Å². The van der Waals surface area contributed by atoms with Crippen molar-refractivity contribution in [3.8, 4) is 6.07 Å². The third kappa shape index (κ3) is 5.47. The lowest BCUT2D eigenvalue weighted by Crippen LogP contribution is -2.31. The smallest absolute Gasteiger partial charge is 0.258 e. The Morgan fingerprint density at radius 1 is 1.00 bits per heavy atom. The molecule has 3 aromatic rings. The number of halogens is 1. The van der Waals surface area contributed by atoms with Crippen LogP contribution in [-0.4, -0.2) is 20.6 Å². The zero-order valence-corrected chi connectivity index (χ0v) is 17.8. The van der Waals surface area contributed by atoms with Crippen molar-refractivity contribution in [2.75, 3.05) is 11.2 Å². The quantitative estimate of drug-likeness (QED) is 0.563. The van der Waals surface area contributed by atoms with Gasteiger partial charge in [-0.2, -0.15) is 5.26 Å². The standard InChI is InChI=1S/C23H19ClN2O3S/c1-30(28,29)16-18-7-9-19(10-8-18)23(27)26(15-17-5-3-2-4-6-17)22-13-21(24)12-11-20(22)14-25/h2-13H,15-16H2,1H3. The highest BCUT2D eigenvalue weighted by atomic mass is 35.5. The minimum atomic E-state index is -3.17. The molecule has 0 radical (unpaired) electrons. The van der Waals surface area contributed by atoms with Crippen LogP contribution in [0.5, 0.6) is 0 Å². The van der Waals surface area contributed by atoms with Gasteiger partial charge in [-0.05, 0) is 41.5 Å². The predicted octanol–water partition coefficient (Wildman–Crippen LogP) is 4.60. The van der Waals surface area contributed by atoms with Gasteiger partial charge in [-0.1, -0.05) is 54.1 Å². The Morgan fingerprint density at radius 3 is 2.27 bits per heavy atom. The Bertz CT molecular complexity index is 1200. The average Bonchev–Trinajstić information content (AvgIpc) is 2.72. The number of nitrogens with zero attached hydrogens (tertiary/aromatic N) is 2. The Kier molecular flexibility index (Phi) is 6.56. The van der Waals surface area contributed by atoms with Crippen molar-refractivity contribution in [3.63, 3.8) is 0 Å². The molecule has 0 spiro atoms. The van der Waals surface area contributed by atoms with E-state index in [4.69, 9.17) is 11.6 Å². The number of hydrogen-bond donors (Lipinski definition) is 0. The second-order valence-electron chi connectivity index (χ2n) is 6.92. The van der Waals surface area contributed by atoms with Gasteiger partial charge in [0.05, 0.1) is 23.5 Å². The van der Waals surface area contributed by atoms with Gasteiger partial charge in [-0.15, -0.1) is 0 Å². The molecule has 0 saturated carbocycles. The summed E-state index contributed by atoms with van der Waals surface area (Å²) >= 11 is 6.15. The molecule has 0 N–H and O–H groups in total. The highest BCUT2D eigenvalue weighted by molar-refractivity contribution is 7.89. The molecule has 3 aromatic carbocycles. The zero-order valence-electron chi connectivity index (χ0n) is 16.2. The van der Waals surface area contributed by atoms with E-state index < -0.39 is 9.84 Å². The van der Waals surface area contributed by atoms with Gasteiger partial charge in [0.1, 0.15) is 6.07 Å². The summed E-state index contributed by atoms with van der Waals surface area (Å²) < 4.78 is 23.0. The number of amides is 1. The van der Waals surface area contributed by atoms with Crippen molar-refractivity contribution in [2.24, 2.45) is 0 Å². The van der Waals surface area contributed by atoms with Gasteiger partial charge in [0.25, 0.3) is 5.91 Å². The van der Waals surface area contributed by atoms with Crippen LogP contribution in [0.3, 0.4) is 0 Å². The predicted molar refractivity (Wildman–Crippen MR) is 118 cm³/mol. The molecule has 0 aliphatic heterocycles. The number of benzene rings is 3. The molecule has 0 aliphatic carbocycles. The second kappa shape index (κ2) is 9.12. The van der Waals surface area contributed by atoms with Crippen molar-refractivity contribution in [1.82, 2.24) is 0 Å². The third-order valence-corrected chi connectivity index (χ3v) is 5.52. The average molecular weight is 439 g/mol. The monoisotopic (exact) mass is 438 g/mol. The maximum Gasteiger partial charge on any atom is 0.258 e. The Balaban J connectivity index is 2.01. The first-order valence-corrected chi connectivity index (χ1v) is 11.5. The highest BCUT2D eigenvalue weighted by Gasteiger charge is 2.21. The normalized spacial score (nSPS) is 11.0. The maximum atomic E-state index is 13.4. The molecular weight excluding hydrogens is 420 g/mol. The van der Waals surface area contributed by atoms with Crippen molar-refractivity contribution in [2.45, 2.75) is 12.3 Å². The maximum absolute atomic E-state index is 13.4. The van der Waals surface area contributed by atoms with Gasteiger partial charge in [-0.3, -0.25) is 4.79 Å². The lowest BCUT2D eigenvalue weighted by Gasteiger charge is -2.24. The van der Waals surface area contributed by atoms with Crippen LogP contribution in [0.4, 0.5) is 5.69 Å². The van der Waals surface area contributed by atoms with Gasteiger partial charge in [0.2, 0.25) is 0 Å². The zero-order chi connectivity index (χ0) is 21.7. The number of nitriles is 1. The fourth-order valence-electron chi connectivity index (χ4n) is 3.06. The van der Waals surface area contributed by atoms with E-state index in [9.17, 15) is 18.5 Å². The molecular formula is C23H19ClN2O3S. The first-order valence-electron chi connectivity index (χ1n) is 9.09. The van der Waals surface area contributed by atoms with Crippen molar-refractivity contribution in [1.29, 1.82) is 5.26 Å². The molecule has 0 bridgehead atoms. The summed E-state index contributed by atoms with van der Waals surface area (Å²) in [5, 5.41) is 9.95. The summed E-state index contributed by atoms with van der Waals surface area (Å²) in [6.07, 6.45) is 1.16. The number of carbonyl (C=O) groups excluding carboxylic acids is 1. The van der Waals surface area contributed by atoms with Crippen LogP contribution in [0.2, 0.25) is 5.02 Å². The van der Waals surface area contributed by atoms with Crippen LogP contribution in [0.25, 0.3) is 0 Å². The Morgan fingerprint density at radius 2 is 1.67 bits per heavy atom. The van der Waals surface area contributed by atoms with Crippen LogP contribution in [0.15, 0.2) is 72.8 Å². The number of rotatable bonds is 6. The van der Waals surface area contributed by atoms with E-state index in [0.717, 1.165) is 11.8 Å². The summed E-state index contributed by atoms with van der Waals surface area (Å²) in [6, 6.07) is 22.8. The lowest BCUT2D eigenvalue weighted by molar-refractivity contribution is 0.0985. The molecule has 30 heavy (non-hydrogen) atoms. The summed E-state index contributed by atoms with van der Waals surface area (Å²) in [6.45, 7) is 0.250. The number of carbonyl (C=O) groups is 1. The fraction of sp³-hybridized carbons (Fsp3) is 0.130. The topological polar surface area (TPSA) is 78.2 Å². The number of hydrogen-bond acceptors (Lipinski definition) is 4. The summed E-state index contributed by atoms with van der Waals surface area (Å²) in [7, 11) is -3.17. The Hall–Kier alpha value is -3.14. The van der Waals surface area contributed by atoms with E-state index in [-0.39, 0.29) is 18.2 Å². The summed E-state index contributed by atoms with van der Waals surface area (Å²) in [5.41, 5.74) is 2.62. The molecule has 152 valence electrons. The first kappa shape index (κ1) is 21.6. The van der Waals surface area contributed by atoms with Crippen molar-refractivity contribution >= 4 is 33.0 Å². The minimum absolute atomic E-state index is 0.0952. The fourth-order valence-corrected chi connectivity index (χ4v) is 4.02. The van der Waals surface area contributed by atoms with E-state index in [1.54, 1.807) is 42.5 Å². The minimum Gasteiger partial charge on any atom is -0.303 e.